The number of rotatable bonds is 7. The Kier molecular flexibility index (Phi) is 6.03. The lowest BCUT2D eigenvalue weighted by Gasteiger charge is -2.13. The summed E-state index contributed by atoms with van der Waals surface area (Å²) in [5.41, 5.74) is 0.320. The van der Waals surface area contributed by atoms with Crippen LogP contribution in [0.4, 0.5) is 8.78 Å². The maximum atomic E-state index is 13.4. The molecule has 0 bridgehead atoms. The first-order valence-electron chi connectivity index (χ1n) is 6.92. The Hall–Kier alpha value is -2.49. The van der Waals surface area contributed by atoms with Crippen LogP contribution in [0.2, 0.25) is 0 Å². The van der Waals surface area contributed by atoms with E-state index >= 15 is 0 Å². The van der Waals surface area contributed by atoms with Gasteiger partial charge in [-0.15, -0.1) is 0 Å². The highest BCUT2D eigenvalue weighted by atomic mass is 19.1. The molecule has 120 valence electrons. The van der Waals surface area contributed by atoms with Gasteiger partial charge in [0.25, 0.3) is 0 Å². The molecule has 4 nitrogen and oxygen atoms in total. The molecule has 0 spiro atoms. The normalized spacial score (nSPS) is 11.7. The lowest BCUT2D eigenvalue weighted by molar-refractivity contribution is 0.00471. The van der Waals surface area contributed by atoms with E-state index in [-0.39, 0.29) is 37.0 Å². The van der Waals surface area contributed by atoms with Gasteiger partial charge in [0.15, 0.2) is 0 Å². The number of hydrogen-bond donors (Lipinski definition) is 1. The van der Waals surface area contributed by atoms with E-state index in [1.54, 1.807) is 24.3 Å². The summed E-state index contributed by atoms with van der Waals surface area (Å²) in [5, 5.41) is 18.4. The molecule has 0 heterocycles. The van der Waals surface area contributed by atoms with Crippen molar-refractivity contribution >= 4 is 0 Å². The van der Waals surface area contributed by atoms with E-state index in [1.807, 2.05) is 0 Å². The maximum absolute atomic E-state index is 13.4. The zero-order chi connectivity index (χ0) is 16.7. The number of aliphatic hydroxyl groups is 1. The minimum absolute atomic E-state index is 0.0369. The summed E-state index contributed by atoms with van der Waals surface area (Å²) in [7, 11) is 0. The molecule has 0 aromatic heterocycles. The molecule has 0 aliphatic carbocycles. The summed E-state index contributed by atoms with van der Waals surface area (Å²) in [5.74, 6) is -0.851. The van der Waals surface area contributed by atoms with Crippen molar-refractivity contribution in [3.8, 4) is 11.8 Å². The van der Waals surface area contributed by atoms with Crippen LogP contribution in [0.1, 0.15) is 11.1 Å². The molecule has 0 radical (unpaired) electrons. The van der Waals surface area contributed by atoms with Crippen molar-refractivity contribution in [2.45, 2.75) is 12.7 Å². The van der Waals surface area contributed by atoms with Gasteiger partial charge in [0, 0.05) is 11.6 Å². The summed E-state index contributed by atoms with van der Waals surface area (Å²) in [4.78, 5) is 0. The molecule has 0 amide bonds. The molecule has 0 saturated carbocycles. The van der Waals surface area contributed by atoms with E-state index in [1.165, 1.54) is 18.2 Å². The summed E-state index contributed by atoms with van der Waals surface area (Å²) in [6.45, 7) is -0.120. The summed E-state index contributed by atoms with van der Waals surface area (Å²) in [6, 6.07) is 11.7. The number of benzene rings is 2. The minimum atomic E-state index is -0.944. The van der Waals surface area contributed by atoms with Crippen LogP contribution in [0.15, 0.2) is 42.5 Å². The molecule has 6 heteroatoms. The Labute approximate surface area is 132 Å². The van der Waals surface area contributed by atoms with Gasteiger partial charge in [0.05, 0.1) is 18.8 Å². The van der Waals surface area contributed by atoms with Gasteiger partial charge in [-0.2, -0.15) is 5.26 Å². The van der Waals surface area contributed by atoms with Crippen molar-refractivity contribution in [2.75, 3.05) is 13.2 Å². The first kappa shape index (κ1) is 16.9. The first-order valence-corrected chi connectivity index (χ1v) is 6.92. The van der Waals surface area contributed by atoms with Crippen molar-refractivity contribution in [3.63, 3.8) is 0 Å². The fourth-order valence-electron chi connectivity index (χ4n) is 1.84. The third-order valence-corrected chi connectivity index (χ3v) is 3.03. The Morgan fingerprint density at radius 2 is 1.87 bits per heavy atom. The largest absolute Gasteiger partial charge is 0.491 e. The number of nitrogens with zero attached hydrogens (tertiary/aromatic N) is 1. The number of aliphatic hydroxyl groups excluding tert-OH is 1. The summed E-state index contributed by atoms with van der Waals surface area (Å²) < 4.78 is 37.2. The van der Waals surface area contributed by atoms with Gasteiger partial charge in [-0.05, 0) is 18.2 Å². The molecule has 0 aliphatic rings. The molecule has 0 saturated heterocycles. The molecule has 2 aromatic rings. The van der Waals surface area contributed by atoms with Crippen LogP contribution in [0.25, 0.3) is 0 Å². The van der Waals surface area contributed by atoms with Gasteiger partial charge in [0.2, 0.25) is 0 Å². The van der Waals surface area contributed by atoms with Gasteiger partial charge in [-0.3, -0.25) is 0 Å². The second-order valence-electron chi connectivity index (χ2n) is 4.82. The minimum Gasteiger partial charge on any atom is -0.491 e. The van der Waals surface area contributed by atoms with Gasteiger partial charge in [0.1, 0.15) is 36.2 Å². The van der Waals surface area contributed by atoms with Gasteiger partial charge in [-0.1, -0.05) is 18.2 Å². The molecule has 1 unspecified atom stereocenters. The quantitative estimate of drug-likeness (QED) is 0.852. The van der Waals surface area contributed by atoms with Crippen LogP contribution in [-0.2, 0) is 11.3 Å². The van der Waals surface area contributed by atoms with Crippen molar-refractivity contribution in [1.82, 2.24) is 0 Å². The van der Waals surface area contributed by atoms with Crippen LogP contribution < -0.4 is 4.74 Å². The summed E-state index contributed by atoms with van der Waals surface area (Å²) in [6.07, 6.45) is -0.944. The second-order valence-corrected chi connectivity index (χ2v) is 4.82. The first-order chi connectivity index (χ1) is 11.1. The van der Waals surface area contributed by atoms with E-state index in [4.69, 9.17) is 14.7 Å². The van der Waals surface area contributed by atoms with Crippen molar-refractivity contribution in [2.24, 2.45) is 0 Å². The fourth-order valence-corrected chi connectivity index (χ4v) is 1.84. The lowest BCUT2D eigenvalue weighted by Crippen LogP contribution is -2.23. The van der Waals surface area contributed by atoms with E-state index in [0.717, 1.165) is 6.07 Å². The Morgan fingerprint density at radius 1 is 1.09 bits per heavy atom. The molecule has 1 N–H and O–H groups in total. The number of hydrogen-bond acceptors (Lipinski definition) is 4. The average Bonchev–Trinajstić information content (AvgIpc) is 2.55. The standard InChI is InChI=1S/C17H15F2NO3/c18-16-4-2-1-3-13(16)9-22-10-14(21)11-23-15-6-5-12(8-20)17(19)7-15/h1-7,14,21H,9-11H2. The highest BCUT2D eigenvalue weighted by molar-refractivity contribution is 5.36. The molecular formula is C17H15F2NO3. The third-order valence-electron chi connectivity index (χ3n) is 3.03. The van der Waals surface area contributed by atoms with Gasteiger partial charge < -0.3 is 14.6 Å². The highest BCUT2D eigenvalue weighted by Gasteiger charge is 2.09. The molecule has 2 aromatic carbocycles. The molecule has 1 atom stereocenters. The van der Waals surface area contributed by atoms with E-state index in [0.29, 0.717) is 5.56 Å². The monoisotopic (exact) mass is 319 g/mol. The number of ether oxygens (including phenoxy) is 2. The third kappa shape index (κ3) is 5.02. The van der Waals surface area contributed by atoms with Gasteiger partial charge >= 0.3 is 0 Å². The predicted molar refractivity (Wildman–Crippen MR) is 78.7 cm³/mol. The molecule has 2 rings (SSSR count). The fraction of sp³-hybridized carbons (Fsp3) is 0.235. The molecular weight excluding hydrogens is 304 g/mol. The molecule has 23 heavy (non-hydrogen) atoms. The van der Waals surface area contributed by atoms with Crippen LogP contribution in [0, 0.1) is 23.0 Å². The SMILES string of the molecule is N#Cc1ccc(OCC(O)COCc2ccccc2F)cc1F. The number of halogens is 2. The Morgan fingerprint density at radius 3 is 2.57 bits per heavy atom. The van der Waals surface area contributed by atoms with Crippen molar-refractivity contribution < 1.29 is 23.4 Å². The molecule has 0 aliphatic heterocycles. The zero-order valence-electron chi connectivity index (χ0n) is 12.2. The Balaban J connectivity index is 1.75. The van der Waals surface area contributed by atoms with E-state index in [2.05, 4.69) is 0 Å². The van der Waals surface area contributed by atoms with E-state index < -0.39 is 11.9 Å². The van der Waals surface area contributed by atoms with Gasteiger partial charge in [-0.25, -0.2) is 8.78 Å². The maximum Gasteiger partial charge on any atom is 0.144 e. The zero-order valence-corrected chi connectivity index (χ0v) is 12.2. The number of nitriles is 1. The van der Waals surface area contributed by atoms with Crippen LogP contribution >= 0.6 is 0 Å². The average molecular weight is 319 g/mol. The van der Waals surface area contributed by atoms with E-state index in [9.17, 15) is 13.9 Å². The van der Waals surface area contributed by atoms with Crippen molar-refractivity contribution in [3.05, 3.63) is 65.2 Å². The highest BCUT2D eigenvalue weighted by Crippen LogP contribution is 2.16. The lowest BCUT2D eigenvalue weighted by atomic mass is 10.2. The predicted octanol–water partition coefficient (Wildman–Crippen LogP) is 2.79. The van der Waals surface area contributed by atoms with Crippen molar-refractivity contribution in [1.29, 1.82) is 5.26 Å². The van der Waals surface area contributed by atoms with Crippen LogP contribution in [0.5, 0.6) is 5.75 Å². The molecule has 0 fully saturated rings. The topological polar surface area (TPSA) is 62.5 Å². The summed E-state index contributed by atoms with van der Waals surface area (Å²) >= 11 is 0. The van der Waals surface area contributed by atoms with Crippen LogP contribution in [0.3, 0.4) is 0 Å². The van der Waals surface area contributed by atoms with Crippen LogP contribution in [-0.4, -0.2) is 24.4 Å². The Bertz CT molecular complexity index is 700. The smallest absolute Gasteiger partial charge is 0.144 e. The second kappa shape index (κ2) is 8.22.